The Labute approximate surface area is 212 Å². The van der Waals surface area contributed by atoms with Crippen molar-refractivity contribution >= 4 is 46.4 Å². The number of benzene rings is 4. The molecule has 0 fully saturated rings. The van der Waals surface area contributed by atoms with E-state index in [1.807, 2.05) is 43.3 Å². The Morgan fingerprint density at radius 3 is 2.47 bits per heavy atom. The second-order valence-corrected chi connectivity index (χ2v) is 8.38. The lowest BCUT2D eigenvalue weighted by molar-refractivity contribution is -0.120. The molecule has 8 heteroatoms. The first-order chi connectivity index (χ1) is 17.4. The molecule has 0 saturated carbocycles. The number of amides is 2. The zero-order chi connectivity index (χ0) is 25.5. The van der Waals surface area contributed by atoms with Gasteiger partial charge in [-0.15, -0.1) is 0 Å². The second-order valence-electron chi connectivity index (χ2n) is 7.94. The molecule has 0 radical (unpaired) electrons. The Morgan fingerprint density at radius 2 is 1.69 bits per heavy atom. The molecule has 0 atom stereocenters. The summed E-state index contributed by atoms with van der Waals surface area (Å²) in [6, 6.07) is 24.4. The van der Waals surface area contributed by atoms with Gasteiger partial charge in [0.25, 0.3) is 11.8 Å². The molecule has 0 saturated heterocycles. The minimum absolute atomic E-state index is 0.252. The number of ether oxygens (including phenoxy) is 1. The summed E-state index contributed by atoms with van der Waals surface area (Å²) in [5.74, 6) is -1.14. The van der Waals surface area contributed by atoms with Gasteiger partial charge in [-0.2, -0.15) is 5.10 Å². The number of aryl methyl sites for hydroxylation is 1. The quantitative estimate of drug-likeness (QED) is 0.163. The molecule has 36 heavy (non-hydrogen) atoms. The first-order valence-electron chi connectivity index (χ1n) is 11.1. The molecule has 0 heterocycles. The molecule has 0 spiro atoms. The normalized spacial score (nSPS) is 10.8. The number of hydrogen-bond donors (Lipinski definition) is 2. The van der Waals surface area contributed by atoms with Crippen LogP contribution in [0, 0.1) is 6.92 Å². The van der Waals surface area contributed by atoms with E-state index in [2.05, 4.69) is 15.8 Å². The molecule has 2 amide bonds. The molecule has 2 N–H and O–H groups in total. The second kappa shape index (κ2) is 11.3. The fourth-order valence-electron chi connectivity index (χ4n) is 3.50. The van der Waals surface area contributed by atoms with Gasteiger partial charge < -0.3 is 10.1 Å². The molecule has 4 rings (SSSR count). The van der Waals surface area contributed by atoms with Crippen molar-refractivity contribution in [3.05, 3.63) is 112 Å². The Hall–Kier alpha value is -4.49. The Balaban J connectivity index is 1.47. The van der Waals surface area contributed by atoms with Crippen LogP contribution in [0.1, 0.15) is 31.8 Å². The van der Waals surface area contributed by atoms with Crippen molar-refractivity contribution in [3.8, 4) is 5.75 Å². The number of hydrogen-bond acceptors (Lipinski definition) is 5. The highest BCUT2D eigenvalue weighted by molar-refractivity contribution is 6.30. The number of rotatable bonds is 7. The van der Waals surface area contributed by atoms with Crippen molar-refractivity contribution in [2.75, 3.05) is 6.54 Å². The van der Waals surface area contributed by atoms with E-state index in [-0.39, 0.29) is 18.2 Å². The average molecular weight is 500 g/mol. The number of esters is 1. The van der Waals surface area contributed by atoms with E-state index in [0.717, 1.165) is 16.3 Å². The van der Waals surface area contributed by atoms with Crippen molar-refractivity contribution in [2.24, 2.45) is 5.10 Å². The maximum absolute atomic E-state index is 12.7. The van der Waals surface area contributed by atoms with Crippen LogP contribution >= 0.6 is 11.6 Å². The third-order valence-electron chi connectivity index (χ3n) is 5.29. The largest absolute Gasteiger partial charge is 0.422 e. The molecule has 0 bridgehead atoms. The summed E-state index contributed by atoms with van der Waals surface area (Å²) < 4.78 is 5.63. The van der Waals surface area contributed by atoms with Gasteiger partial charge in [-0.25, -0.2) is 10.2 Å². The van der Waals surface area contributed by atoms with Gasteiger partial charge in [0.1, 0.15) is 5.75 Å². The zero-order valence-corrected chi connectivity index (χ0v) is 20.1. The number of fused-ring (bicyclic) bond motifs is 1. The lowest BCUT2D eigenvalue weighted by atomic mass is 10.0. The fraction of sp³-hybridized carbons (Fsp3) is 0.0714. The number of carbonyl (C=O) groups excluding carboxylic acids is 3. The molecular weight excluding hydrogens is 478 g/mol. The van der Waals surface area contributed by atoms with E-state index in [1.54, 1.807) is 48.5 Å². The van der Waals surface area contributed by atoms with Gasteiger partial charge in [0, 0.05) is 16.1 Å². The first kappa shape index (κ1) is 24.6. The average Bonchev–Trinajstić information content (AvgIpc) is 2.88. The minimum atomic E-state index is -0.556. The summed E-state index contributed by atoms with van der Waals surface area (Å²) in [7, 11) is 0. The molecule has 4 aromatic rings. The van der Waals surface area contributed by atoms with Crippen LogP contribution in [0.4, 0.5) is 0 Å². The predicted octanol–water partition coefficient (Wildman–Crippen LogP) is 4.90. The Morgan fingerprint density at radius 1 is 0.917 bits per heavy atom. The molecule has 0 aliphatic heterocycles. The monoisotopic (exact) mass is 499 g/mol. The Bertz CT molecular complexity index is 1470. The number of carbonyl (C=O) groups is 3. The van der Waals surface area contributed by atoms with Gasteiger partial charge in [-0.1, -0.05) is 59.6 Å². The van der Waals surface area contributed by atoms with Crippen LogP contribution in [0.15, 0.2) is 90.0 Å². The molecule has 0 aromatic heterocycles. The van der Waals surface area contributed by atoms with Gasteiger partial charge in [-0.3, -0.25) is 9.59 Å². The summed E-state index contributed by atoms with van der Waals surface area (Å²) in [5, 5.41) is 8.78. The van der Waals surface area contributed by atoms with Crippen LogP contribution in [0.5, 0.6) is 5.75 Å². The topological polar surface area (TPSA) is 96.9 Å². The van der Waals surface area contributed by atoms with E-state index >= 15 is 0 Å². The van der Waals surface area contributed by atoms with Crippen LogP contribution in [0.25, 0.3) is 10.8 Å². The molecule has 0 aliphatic rings. The van der Waals surface area contributed by atoms with Crippen LogP contribution < -0.4 is 15.5 Å². The molecule has 0 unspecified atom stereocenters. The van der Waals surface area contributed by atoms with Gasteiger partial charge in [0.2, 0.25) is 0 Å². The van der Waals surface area contributed by atoms with Crippen molar-refractivity contribution in [1.29, 1.82) is 0 Å². The number of halogens is 1. The molecule has 0 aliphatic carbocycles. The Kier molecular flexibility index (Phi) is 7.72. The molecule has 180 valence electrons. The third kappa shape index (κ3) is 6.14. The van der Waals surface area contributed by atoms with Crippen LogP contribution in [0.2, 0.25) is 5.02 Å². The standard InChI is InChI=1S/C28H22ClN3O4/c1-18-5-4-7-21(15-18)27(34)30-17-26(33)32-31-16-24-23-8-3-2-6-19(23)11-14-25(24)36-28(35)20-9-12-22(29)13-10-20/h2-16H,17H2,1H3,(H,30,34)(H,32,33). The zero-order valence-electron chi connectivity index (χ0n) is 19.3. The predicted molar refractivity (Wildman–Crippen MR) is 140 cm³/mol. The van der Waals surface area contributed by atoms with Crippen molar-refractivity contribution in [1.82, 2.24) is 10.7 Å². The van der Waals surface area contributed by atoms with Gasteiger partial charge >= 0.3 is 5.97 Å². The highest BCUT2D eigenvalue weighted by Gasteiger charge is 2.14. The highest BCUT2D eigenvalue weighted by Crippen LogP contribution is 2.27. The lowest BCUT2D eigenvalue weighted by Crippen LogP contribution is -2.34. The summed E-state index contributed by atoms with van der Waals surface area (Å²) in [5.41, 5.74) is 4.66. The van der Waals surface area contributed by atoms with E-state index in [1.165, 1.54) is 6.21 Å². The highest BCUT2D eigenvalue weighted by atomic mass is 35.5. The SMILES string of the molecule is Cc1cccc(C(=O)NCC(=O)NN=Cc2c(OC(=O)c3ccc(Cl)cc3)ccc3ccccc23)c1. The van der Waals surface area contributed by atoms with E-state index in [0.29, 0.717) is 21.7 Å². The molecule has 7 nitrogen and oxygen atoms in total. The maximum Gasteiger partial charge on any atom is 0.343 e. The van der Waals surface area contributed by atoms with E-state index in [4.69, 9.17) is 16.3 Å². The van der Waals surface area contributed by atoms with Crippen molar-refractivity contribution < 1.29 is 19.1 Å². The first-order valence-corrected chi connectivity index (χ1v) is 11.4. The van der Waals surface area contributed by atoms with Gasteiger partial charge in [0.05, 0.1) is 18.3 Å². The number of nitrogens with one attached hydrogen (secondary N) is 2. The lowest BCUT2D eigenvalue weighted by Gasteiger charge is -2.11. The maximum atomic E-state index is 12.7. The van der Waals surface area contributed by atoms with Crippen LogP contribution in [0.3, 0.4) is 0 Å². The molecule has 4 aromatic carbocycles. The number of nitrogens with zero attached hydrogens (tertiary/aromatic N) is 1. The summed E-state index contributed by atoms with van der Waals surface area (Å²) in [6.07, 6.45) is 1.41. The summed E-state index contributed by atoms with van der Waals surface area (Å²) in [4.78, 5) is 37.1. The van der Waals surface area contributed by atoms with Gasteiger partial charge in [-0.05, 0) is 60.2 Å². The van der Waals surface area contributed by atoms with E-state index in [9.17, 15) is 14.4 Å². The molecular formula is C28H22ClN3O4. The smallest absolute Gasteiger partial charge is 0.343 e. The van der Waals surface area contributed by atoms with Crippen molar-refractivity contribution in [2.45, 2.75) is 6.92 Å². The van der Waals surface area contributed by atoms with Crippen LogP contribution in [-0.2, 0) is 4.79 Å². The van der Waals surface area contributed by atoms with Gasteiger partial charge in [0.15, 0.2) is 0 Å². The summed E-state index contributed by atoms with van der Waals surface area (Å²) >= 11 is 5.90. The minimum Gasteiger partial charge on any atom is -0.422 e. The van der Waals surface area contributed by atoms with E-state index < -0.39 is 11.9 Å². The van der Waals surface area contributed by atoms with Crippen molar-refractivity contribution in [3.63, 3.8) is 0 Å². The van der Waals surface area contributed by atoms with Crippen LogP contribution in [-0.4, -0.2) is 30.5 Å². The summed E-state index contributed by atoms with van der Waals surface area (Å²) in [6.45, 7) is 1.63. The number of hydrazone groups is 1. The third-order valence-corrected chi connectivity index (χ3v) is 5.54. The fourth-order valence-corrected chi connectivity index (χ4v) is 3.63.